The highest BCUT2D eigenvalue weighted by Gasteiger charge is 2.17. The van der Waals surface area contributed by atoms with Crippen LogP contribution in [0.3, 0.4) is 0 Å². The summed E-state index contributed by atoms with van der Waals surface area (Å²) >= 11 is 0. The van der Waals surface area contributed by atoms with Crippen molar-refractivity contribution in [3.05, 3.63) is 0 Å². The van der Waals surface area contributed by atoms with Crippen LogP contribution >= 0.6 is 0 Å². The van der Waals surface area contributed by atoms with Crippen molar-refractivity contribution < 1.29 is 14.4 Å². The first kappa shape index (κ1) is 11.5. The van der Waals surface area contributed by atoms with Gasteiger partial charge in [-0.05, 0) is 19.3 Å². The van der Waals surface area contributed by atoms with Gasteiger partial charge >= 0.3 is 0 Å². The van der Waals surface area contributed by atoms with Gasteiger partial charge in [0.05, 0.1) is 0 Å². The van der Waals surface area contributed by atoms with Crippen molar-refractivity contribution >= 4 is 5.91 Å². The van der Waals surface area contributed by atoms with Crippen molar-refractivity contribution in [3.8, 4) is 0 Å². The van der Waals surface area contributed by atoms with Crippen LogP contribution in [0, 0.1) is 5.92 Å². The standard InChI is InChI=1S/C10H19NO3/c1-3-8(2)10(12)11-14-9-6-4-5-7-13-9/h8-9H,3-7H2,1-2H3,(H,11,12). The lowest BCUT2D eigenvalue weighted by Gasteiger charge is -2.22. The number of hydroxylamine groups is 1. The molecule has 0 saturated carbocycles. The van der Waals surface area contributed by atoms with Gasteiger partial charge in [-0.1, -0.05) is 13.8 Å². The maximum Gasteiger partial charge on any atom is 0.246 e. The van der Waals surface area contributed by atoms with E-state index in [0.29, 0.717) is 0 Å². The highest BCUT2D eigenvalue weighted by molar-refractivity contribution is 5.77. The van der Waals surface area contributed by atoms with Crippen LogP contribution in [0.5, 0.6) is 0 Å². The molecule has 0 aromatic carbocycles. The predicted molar refractivity (Wildman–Crippen MR) is 52.3 cm³/mol. The van der Waals surface area contributed by atoms with Crippen LogP contribution in [0.15, 0.2) is 0 Å². The summed E-state index contributed by atoms with van der Waals surface area (Å²) < 4.78 is 5.30. The first-order valence-corrected chi connectivity index (χ1v) is 5.31. The van der Waals surface area contributed by atoms with Gasteiger partial charge in [-0.2, -0.15) is 0 Å². The van der Waals surface area contributed by atoms with Gasteiger partial charge in [0, 0.05) is 18.9 Å². The Morgan fingerprint density at radius 2 is 2.43 bits per heavy atom. The van der Waals surface area contributed by atoms with E-state index >= 15 is 0 Å². The first-order valence-electron chi connectivity index (χ1n) is 5.31. The fraction of sp³-hybridized carbons (Fsp3) is 0.900. The molecule has 4 heteroatoms. The molecular weight excluding hydrogens is 182 g/mol. The second-order valence-corrected chi connectivity index (χ2v) is 3.69. The highest BCUT2D eigenvalue weighted by atomic mass is 16.8. The second kappa shape index (κ2) is 5.98. The Hall–Kier alpha value is -0.610. The Labute approximate surface area is 84.9 Å². The molecule has 0 aliphatic carbocycles. The molecular formula is C10H19NO3. The van der Waals surface area contributed by atoms with Crippen LogP contribution in [-0.4, -0.2) is 18.8 Å². The smallest absolute Gasteiger partial charge is 0.246 e. The second-order valence-electron chi connectivity index (χ2n) is 3.69. The van der Waals surface area contributed by atoms with Gasteiger partial charge in [0.2, 0.25) is 5.91 Å². The van der Waals surface area contributed by atoms with Crippen molar-refractivity contribution in [2.24, 2.45) is 5.92 Å². The number of nitrogens with one attached hydrogen (secondary N) is 1. The predicted octanol–water partition coefficient (Wildman–Crippen LogP) is 1.61. The Morgan fingerprint density at radius 3 is 3.00 bits per heavy atom. The van der Waals surface area contributed by atoms with Gasteiger partial charge in [-0.25, -0.2) is 10.3 Å². The quantitative estimate of drug-likeness (QED) is 0.703. The summed E-state index contributed by atoms with van der Waals surface area (Å²) in [5.41, 5.74) is 2.44. The summed E-state index contributed by atoms with van der Waals surface area (Å²) in [5, 5.41) is 0. The number of hydrogen-bond donors (Lipinski definition) is 1. The largest absolute Gasteiger partial charge is 0.350 e. The maximum absolute atomic E-state index is 11.3. The lowest BCUT2D eigenvalue weighted by atomic mass is 10.1. The van der Waals surface area contributed by atoms with Gasteiger partial charge < -0.3 is 4.74 Å². The van der Waals surface area contributed by atoms with E-state index in [9.17, 15) is 4.79 Å². The molecule has 1 fully saturated rings. The number of hydrogen-bond acceptors (Lipinski definition) is 3. The van der Waals surface area contributed by atoms with E-state index < -0.39 is 0 Å². The summed E-state index contributed by atoms with van der Waals surface area (Å²) in [6.45, 7) is 4.58. The molecule has 2 unspecified atom stereocenters. The van der Waals surface area contributed by atoms with Gasteiger partial charge in [-0.15, -0.1) is 0 Å². The van der Waals surface area contributed by atoms with E-state index in [4.69, 9.17) is 9.57 Å². The minimum absolute atomic E-state index is 0.00131. The van der Waals surface area contributed by atoms with Gasteiger partial charge in [0.15, 0.2) is 6.29 Å². The zero-order valence-corrected chi connectivity index (χ0v) is 8.91. The summed E-state index contributed by atoms with van der Waals surface area (Å²) in [4.78, 5) is 16.5. The third-order valence-corrected chi connectivity index (χ3v) is 2.49. The molecule has 0 spiro atoms. The molecule has 0 aromatic heterocycles. The average molecular weight is 201 g/mol. The molecule has 4 nitrogen and oxygen atoms in total. The normalized spacial score (nSPS) is 24.3. The minimum atomic E-state index is -0.253. The lowest BCUT2D eigenvalue weighted by Crippen LogP contribution is -2.35. The van der Waals surface area contributed by atoms with Gasteiger partial charge in [-0.3, -0.25) is 4.79 Å². The third-order valence-electron chi connectivity index (χ3n) is 2.49. The van der Waals surface area contributed by atoms with E-state index in [1.54, 1.807) is 0 Å². The molecule has 82 valence electrons. The molecule has 0 aromatic rings. The lowest BCUT2D eigenvalue weighted by molar-refractivity contribution is -0.202. The fourth-order valence-electron chi connectivity index (χ4n) is 1.21. The van der Waals surface area contributed by atoms with Crippen molar-refractivity contribution in [2.75, 3.05) is 6.61 Å². The van der Waals surface area contributed by atoms with Crippen LogP contribution in [0.4, 0.5) is 0 Å². The van der Waals surface area contributed by atoms with Crippen LogP contribution < -0.4 is 5.48 Å². The zero-order chi connectivity index (χ0) is 10.4. The summed E-state index contributed by atoms with van der Waals surface area (Å²) in [6.07, 6.45) is 3.61. The van der Waals surface area contributed by atoms with E-state index in [2.05, 4.69) is 5.48 Å². The highest BCUT2D eigenvalue weighted by Crippen LogP contribution is 2.12. The maximum atomic E-state index is 11.3. The Morgan fingerprint density at radius 1 is 1.64 bits per heavy atom. The van der Waals surface area contributed by atoms with Crippen LogP contribution in [-0.2, 0) is 14.4 Å². The Balaban J connectivity index is 2.15. The minimum Gasteiger partial charge on any atom is -0.350 e. The molecule has 0 bridgehead atoms. The molecule has 1 saturated heterocycles. The van der Waals surface area contributed by atoms with Crippen molar-refractivity contribution in [3.63, 3.8) is 0 Å². The number of rotatable bonds is 4. The molecule has 1 aliphatic rings. The average Bonchev–Trinajstić information content (AvgIpc) is 2.26. The summed E-state index contributed by atoms with van der Waals surface area (Å²) in [5.74, 6) is -0.0692. The first-order chi connectivity index (χ1) is 6.74. The molecule has 1 heterocycles. The van der Waals surface area contributed by atoms with Crippen LogP contribution in [0.25, 0.3) is 0 Å². The molecule has 1 aliphatic heterocycles. The monoisotopic (exact) mass is 201 g/mol. The van der Waals surface area contributed by atoms with Crippen molar-refractivity contribution in [1.82, 2.24) is 5.48 Å². The van der Waals surface area contributed by atoms with E-state index in [1.807, 2.05) is 13.8 Å². The zero-order valence-electron chi connectivity index (χ0n) is 8.91. The molecule has 0 radical (unpaired) electrons. The number of amides is 1. The molecule has 2 atom stereocenters. The van der Waals surface area contributed by atoms with E-state index in [-0.39, 0.29) is 18.1 Å². The summed E-state index contributed by atoms with van der Waals surface area (Å²) in [7, 11) is 0. The SMILES string of the molecule is CCC(C)C(=O)NOC1CCCCO1. The van der Waals surface area contributed by atoms with Crippen molar-refractivity contribution in [2.45, 2.75) is 45.8 Å². The molecule has 1 N–H and O–H groups in total. The number of ether oxygens (including phenoxy) is 1. The van der Waals surface area contributed by atoms with Gasteiger partial charge in [0.25, 0.3) is 0 Å². The fourth-order valence-corrected chi connectivity index (χ4v) is 1.21. The molecule has 14 heavy (non-hydrogen) atoms. The van der Waals surface area contributed by atoms with E-state index in [0.717, 1.165) is 32.3 Å². The number of carbonyl (C=O) groups excluding carboxylic acids is 1. The topological polar surface area (TPSA) is 47.6 Å². The van der Waals surface area contributed by atoms with E-state index in [1.165, 1.54) is 0 Å². The third kappa shape index (κ3) is 3.64. The summed E-state index contributed by atoms with van der Waals surface area (Å²) in [6, 6.07) is 0. The van der Waals surface area contributed by atoms with Crippen LogP contribution in [0.1, 0.15) is 39.5 Å². The Kier molecular flexibility index (Phi) is 4.90. The molecule has 1 amide bonds. The number of carbonyl (C=O) groups is 1. The van der Waals surface area contributed by atoms with Gasteiger partial charge in [0.1, 0.15) is 0 Å². The van der Waals surface area contributed by atoms with Crippen LogP contribution in [0.2, 0.25) is 0 Å². The molecule has 1 rings (SSSR count). The Bertz CT molecular complexity index is 178. The van der Waals surface area contributed by atoms with Crippen molar-refractivity contribution in [1.29, 1.82) is 0 Å².